The number of hydrogen-bond donors (Lipinski definition) is 1. The number of aliphatic hydroxyl groups excluding tert-OH is 1. The Hall–Kier alpha value is -2.39. The molecule has 1 amide bonds. The highest BCUT2D eigenvalue weighted by Crippen LogP contribution is 2.47. The molecule has 8 nitrogen and oxygen atoms in total. The van der Waals surface area contributed by atoms with Gasteiger partial charge >= 0.3 is 6.09 Å². The Kier molecular flexibility index (Phi) is 5.55. The molecular formula is C24H30ClFN4O4. The molecule has 0 spiro atoms. The summed E-state index contributed by atoms with van der Waals surface area (Å²) in [6, 6.07) is -0.449. The molecule has 0 aliphatic carbocycles. The molecule has 2 bridgehead atoms. The molecule has 2 aromatic rings. The molecule has 0 radical (unpaired) electrons. The number of pyridine rings is 2. The number of amides is 1. The van der Waals surface area contributed by atoms with Crippen molar-refractivity contribution in [2.75, 3.05) is 18.1 Å². The third kappa shape index (κ3) is 3.55. The second-order valence-electron chi connectivity index (χ2n) is 10.4. The van der Waals surface area contributed by atoms with Crippen LogP contribution in [0.1, 0.15) is 51.8 Å². The van der Waals surface area contributed by atoms with Crippen LogP contribution in [0.25, 0.3) is 10.8 Å². The highest BCUT2D eigenvalue weighted by molar-refractivity contribution is 6.30. The van der Waals surface area contributed by atoms with Crippen LogP contribution >= 0.6 is 11.6 Å². The zero-order valence-corrected chi connectivity index (χ0v) is 20.8. The van der Waals surface area contributed by atoms with Crippen LogP contribution in [-0.2, 0) is 11.2 Å². The van der Waals surface area contributed by atoms with E-state index in [1.807, 2.05) is 32.6 Å². The van der Waals surface area contributed by atoms with Gasteiger partial charge in [0.2, 0.25) is 5.88 Å². The molecule has 3 aliphatic heterocycles. The van der Waals surface area contributed by atoms with Crippen molar-refractivity contribution in [2.24, 2.45) is 0 Å². The molecule has 3 aliphatic rings. The van der Waals surface area contributed by atoms with Gasteiger partial charge < -0.3 is 19.5 Å². The van der Waals surface area contributed by atoms with E-state index in [0.717, 1.165) is 12.8 Å². The minimum atomic E-state index is -0.620. The van der Waals surface area contributed by atoms with Crippen molar-refractivity contribution in [2.45, 2.75) is 83.7 Å². The first-order chi connectivity index (χ1) is 16.0. The van der Waals surface area contributed by atoms with E-state index in [1.165, 1.54) is 0 Å². The van der Waals surface area contributed by atoms with Gasteiger partial charge in [-0.05, 0) is 53.0 Å². The van der Waals surface area contributed by atoms with Crippen molar-refractivity contribution in [3.63, 3.8) is 0 Å². The highest BCUT2D eigenvalue weighted by Gasteiger charge is 2.53. The van der Waals surface area contributed by atoms with E-state index in [1.54, 1.807) is 6.92 Å². The number of aryl methyl sites for hydroxylation is 1. The Morgan fingerprint density at radius 3 is 2.71 bits per heavy atom. The first-order valence-corrected chi connectivity index (χ1v) is 12.1. The van der Waals surface area contributed by atoms with Gasteiger partial charge in [0, 0.05) is 30.7 Å². The van der Waals surface area contributed by atoms with Crippen LogP contribution < -0.4 is 9.64 Å². The van der Waals surface area contributed by atoms with Gasteiger partial charge in [-0.2, -0.15) is 4.98 Å². The van der Waals surface area contributed by atoms with Crippen molar-refractivity contribution in [3.8, 4) is 5.88 Å². The Morgan fingerprint density at radius 1 is 1.29 bits per heavy atom. The Bertz CT molecular complexity index is 1170. The van der Waals surface area contributed by atoms with Crippen molar-refractivity contribution >= 4 is 34.3 Å². The van der Waals surface area contributed by atoms with Gasteiger partial charge in [-0.15, -0.1) is 0 Å². The number of carbonyl (C=O) groups is 1. The molecule has 2 saturated heterocycles. The number of carbonyl (C=O) groups excluding carboxylic acids is 1. The van der Waals surface area contributed by atoms with Crippen LogP contribution in [0.5, 0.6) is 5.88 Å². The van der Waals surface area contributed by atoms with Crippen molar-refractivity contribution in [3.05, 3.63) is 22.2 Å². The molecule has 10 heteroatoms. The normalized spacial score (nSPS) is 25.8. The summed E-state index contributed by atoms with van der Waals surface area (Å²) in [5.41, 5.74) is 0.616. The fraction of sp³-hybridized carbons (Fsp3) is 0.625. The molecule has 0 aromatic carbocycles. The molecule has 2 fully saturated rings. The van der Waals surface area contributed by atoms with Gasteiger partial charge in [-0.3, -0.25) is 4.90 Å². The number of anilines is 1. The number of aromatic nitrogens is 2. The number of aliphatic hydroxyl groups is 1. The van der Waals surface area contributed by atoms with Gasteiger partial charge in [-0.25, -0.2) is 14.2 Å². The number of ether oxygens (including phenoxy) is 2. The molecule has 34 heavy (non-hydrogen) atoms. The molecule has 5 heterocycles. The number of rotatable bonds is 2. The summed E-state index contributed by atoms with van der Waals surface area (Å²) >= 11 is 6.17. The number of nitrogens with zero attached hydrogens (tertiary/aromatic N) is 4. The maximum atomic E-state index is 15.3. The SMILES string of the molecule is Cc1c(CCO)nc2c3c(nc(Cl)c(F)c13)O[C@@H](C)[C@@H]1[C@@H]3CC[C@H](CN21)N3C(=O)OC(C)(C)C. The molecule has 5 rings (SSSR count). The molecule has 0 unspecified atom stereocenters. The van der Waals surface area contributed by atoms with Crippen LogP contribution in [0, 0.1) is 12.7 Å². The van der Waals surface area contributed by atoms with Gasteiger partial charge in [0.05, 0.1) is 23.5 Å². The van der Waals surface area contributed by atoms with Crippen LogP contribution in [0.3, 0.4) is 0 Å². The zero-order chi connectivity index (χ0) is 24.5. The van der Waals surface area contributed by atoms with Gasteiger partial charge in [0.15, 0.2) is 11.0 Å². The van der Waals surface area contributed by atoms with E-state index < -0.39 is 11.4 Å². The summed E-state index contributed by atoms with van der Waals surface area (Å²) < 4.78 is 27.3. The Morgan fingerprint density at radius 2 is 2.03 bits per heavy atom. The van der Waals surface area contributed by atoms with E-state index in [2.05, 4.69) is 9.88 Å². The summed E-state index contributed by atoms with van der Waals surface area (Å²) in [5, 5.41) is 10.2. The smallest absolute Gasteiger partial charge is 0.410 e. The summed E-state index contributed by atoms with van der Waals surface area (Å²) in [5.74, 6) is 0.187. The molecular weight excluding hydrogens is 463 g/mol. The van der Waals surface area contributed by atoms with E-state index in [4.69, 9.17) is 26.1 Å². The summed E-state index contributed by atoms with van der Waals surface area (Å²) in [6.45, 7) is 9.68. The lowest BCUT2D eigenvalue weighted by Gasteiger charge is -2.48. The highest BCUT2D eigenvalue weighted by atomic mass is 35.5. The van der Waals surface area contributed by atoms with E-state index >= 15 is 4.39 Å². The fourth-order valence-corrected chi connectivity index (χ4v) is 5.92. The third-order valence-corrected chi connectivity index (χ3v) is 7.30. The minimum absolute atomic E-state index is 0.0607. The quantitative estimate of drug-likeness (QED) is 0.634. The summed E-state index contributed by atoms with van der Waals surface area (Å²) in [4.78, 5) is 26.3. The molecule has 0 saturated carbocycles. The average molecular weight is 493 g/mol. The van der Waals surface area contributed by atoms with Crippen LogP contribution in [-0.4, -0.2) is 69.0 Å². The van der Waals surface area contributed by atoms with E-state index in [-0.39, 0.29) is 54.4 Å². The fourth-order valence-electron chi connectivity index (χ4n) is 5.75. The maximum Gasteiger partial charge on any atom is 0.410 e. The van der Waals surface area contributed by atoms with Crippen LogP contribution in [0.15, 0.2) is 0 Å². The topological polar surface area (TPSA) is 88.0 Å². The standard InChI is InChI=1S/C24H30ClFN4O4/c1-11-14(8-9-31)27-21-17-16(11)18(26)20(25)28-22(17)33-12(2)19-15-7-6-13(10-29(19)21)30(15)23(32)34-24(3,4)5/h12-13,15,19,31H,6-10H2,1-5H3/t12-,13+,15-,19+/m0/s1. The van der Waals surface area contributed by atoms with Gasteiger partial charge in [-0.1, -0.05) is 11.6 Å². The molecule has 184 valence electrons. The number of piperazine rings is 1. The second-order valence-corrected chi connectivity index (χ2v) is 10.8. The van der Waals surface area contributed by atoms with Crippen molar-refractivity contribution in [1.82, 2.24) is 14.9 Å². The second kappa shape index (κ2) is 8.09. The number of fused-ring (bicyclic) bond motifs is 5. The number of hydrogen-bond acceptors (Lipinski definition) is 7. The predicted octanol–water partition coefficient (Wildman–Crippen LogP) is 4.00. The van der Waals surface area contributed by atoms with Crippen LogP contribution in [0.2, 0.25) is 5.15 Å². The average Bonchev–Trinajstić information content (AvgIpc) is 2.99. The van der Waals surface area contributed by atoms with E-state index in [0.29, 0.717) is 34.4 Å². The van der Waals surface area contributed by atoms with Crippen molar-refractivity contribution < 1.29 is 23.8 Å². The monoisotopic (exact) mass is 492 g/mol. The first kappa shape index (κ1) is 23.4. The lowest BCUT2D eigenvalue weighted by atomic mass is 9.97. The summed E-state index contributed by atoms with van der Waals surface area (Å²) in [7, 11) is 0. The summed E-state index contributed by atoms with van der Waals surface area (Å²) in [6.07, 6.45) is 1.22. The molecule has 1 N–H and O–H groups in total. The van der Waals surface area contributed by atoms with Crippen molar-refractivity contribution in [1.29, 1.82) is 0 Å². The Labute approximate surface area is 203 Å². The molecule has 4 atom stereocenters. The van der Waals surface area contributed by atoms with Gasteiger partial charge in [0.25, 0.3) is 0 Å². The Balaban J connectivity index is 1.67. The lowest BCUT2D eigenvalue weighted by molar-refractivity contribution is 0.000952. The zero-order valence-electron chi connectivity index (χ0n) is 20.1. The lowest BCUT2D eigenvalue weighted by Crippen LogP contribution is -2.65. The molecule has 2 aromatic heterocycles. The maximum absolute atomic E-state index is 15.3. The minimum Gasteiger partial charge on any atom is -0.472 e. The number of halogens is 2. The third-order valence-electron chi connectivity index (χ3n) is 7.05. The largest absolute Gasteiger partial charge is 0.472 e. The van der Waals surface area contributed by atoms with E-state index in [9.17, 15) is 9.90 Å². The van der Waals surface area contributed by atoms with Gasteiger partial charge in [0.1, 0.15) is 17.5 Å². The predicted molar refractivity (Wildman–Crippen MR) is 126 cm³/mol. The first-order valence-electron chi connectivity index (χ1n) is 11.8. The van der Waals surface area contributed by atoms with Crippen LogP contribution in [0.4, 0.5) is 15.0 Å².